The second-order valence-electron chi connectivity index (χ2n) is 5.83. The fourth-order valence-corrected chi connectivity index (χ4v) is 2.81. The molecule has 1 aromatic rings. The number of nitrogens with zero attached hydrogens (tertiary/aromatic N) is 3. The Hall–Kier alpha value is -1.13. The normalized spacial score (nSPS) is 16.3. The van der Waals surface area contributed by atoms with Gasteiger partial charge in [-0.2, -0.15) is 0 Å². The fraction of sp³-hybridized carbons (Fsp3) is 0.706. The van der Waals surface area contributed by atoms with Gasteiger partial charge in [0.25, 0.3) is 0 Å². The van der Waals surface area contributed by atoms with Crippen LogP contribution in [0.25, 0.3) is 0 Å². The van der Waals surface area contributed by atoms with Crippen molar-refractivity contribution in [2.24, 2.45) is 0 Å². The highest BCUT2D eigenvalue weighted by atomic mass is 15.3. The molecule has 0 spiro atoms. The molecule has 0 atom stereocenters. The largest absolute Gasteiger partial charge is 0.354 e. The third kappa shape index (κ3) is 6.02. The summed E-state index contributed by atoms with van der Waals surface area (Å²) in [6.07, 6.45) is 7.11. The summed E-state index contributed by atoms with van der Waals surface area (Å²) < 4.78 is 0. The lowest BCUT2D eigenvalue weighted by atomic mass is 10.2. The van der Waals surface area contributed by atoms with Gasteiger partial charge >= 0.3 is 0 Å². The number of rotatable bonds is 9. The molecule has 1 fully saturated rings. The molecule has 1 saturated heterocycles. The third-order valence-electron chi connectivity index (χ3n) is 4.10. The van der Waals surface area contributed by atoms with Crippen LogP contribution in [0.4, 0.5) is 5.82 Å². The lowest BCUT2D eigenvalue weighted by molar-refractivity contribution is 0.251. The molecule has 4 nitrogen and oxygen atoms in total. The van der Waals surface area contributed by atoms with E-state index in [-0.39, 0.29) is 0 Å². The molecular weight excluding hydrogens is 260 g/mol. The Balaban J connectivity index is 1.53. The van der Waals surface area contributed by atoms with E-state index in [1.807, 2.05) is 12.3 Å². The van der Waals surface area contributed by atoms with Gasteiger partial charge in [-0.1, -0.05) is 19.4 Å². The van der Waals surface area contributed by atoms with E-state index in [9.17, 15) is 0 Å². The van der Waals surface area contributed by atoms with Crippen molar-refractivity contribution < 1.29 is 0 Å². The number of aromatic nitrogens is 1. The van der Waals surface area contributed by atoms with Gasteiger partial charge in [-0.15, -0.1) is 0 Å². The first-order valence-corrected chi connectivity index (χ1v) is 8.49. The number of unbranched alkanes of at least 4 members (excludes halogenated alkanes) is 2. The molecule has 1 N–H and O–H groups in total. The standard InChI is InChI=1S/C17H30N4/c1-2-9-18-10-5-3-7-12-20-13-15-21(16-14-20)17-8-4-6-11-19-17/h4,6,8,11,18H,2-3,5,7,9-10,12-16H2,1H3. The van der Waals surface area contributed by atoms with Crippen LogP contribution in [0.3, 0.4) is 0 Å². The predicted octanol–water partition coefficient (Wildman–Crippen LogP) is 2.37. The molecule has 0 aliphatic carbocycles. The van der Waals surface area contributed by atoms with E-state index in [0.29, 0.717) is 0 Å². The Labute approximate surface area is 129 Å². The molecule has 0 radical (unpaired) electrons. The van der Waals surface area contributed by atoms with Crippen molar-refractivity contribution in [2.45, 2.75) is 32.6 Å². The van der Waals surface area contributed by atoms with Crippen molar-refractivity contribution in [1.29, 1.82) is 0 Å². The van der Waals surface area contributed by atoms with Crippen molar-refractivity contribution in [3.8, 4) is 0 Å². The van der Waals surface area contributed by atoms with Crippen molar-refractivity contribution in [3.05, 3.63) is 24.4 Å². The Morgan fingerprint density at radius 3 is 2.62 bits per heavy atom. The van der Waals surface area contributed by atoms with Crippen molar-refractivity contribution in [3.63, 3.8) is 0 Å². The molecule has 0 bridgehead atoms. The van der Waals surface area contributed by atoms with Gasteiger partial charge < -0.3 is 10.2 Å². The average molecular weight is 290 g/mol. The summed E-state index contributed by atoms with van der Waals surface area (Å²) in [5.41, 5.74) is 0. The van der Waals surface area contributed by atoms with Gasteiger partial charge in [0, 0.05) is 32.4 Å². The number of hydrogen-bond acceptors (Lipinski definition) is 4. The predicted molar refractivity (Wildman–Crippen MR) is 89.9 cm³/mol. The SMILES string of the molecule is CCCNCCCCCN1CCN(c2ccccn2)CC1. The van der Waals surface area contributed by atoms with E-state index in [1.165, 1.54) is 51.9 Å². The second kappa shape index (κ2) is 9.74. The van der Waals surface area contributed by atoms with Crippen LogP contribution in [-0.2, 0) is 0 Å². The number of anilines is 1. The third-order valence-corrected chi connectivity index (χ3v) is 4.10. The van der Waals surface area contributed by atoms with Gasteiger partial charge in [0.15, 0.2) is 0 Å². The van der Waals surface area contributed by atoms with Gasteiger partial charge in [0.1, 0.15) is 5.82 Å². The second-order valence-corrected chi connectivity index (χ2v) is 5.83. The quantitative estimate of drug-likeness (QED) is 0.708. The highest BCUT2D eigenvalue weighted by Gasteiger charge is 2.16. The van der Waals surface area contributed by atoms with E-state index >= 15 is 0 Å². The maximum absolute atomic E-state index is 4.44. The van der Waals surface area contributed by atoms with E-state index < -0.39 is 0 Å². The van der Waals surface area contributed by atoms with Gasteiger partial charge in [0.2, 0.25) is 0 Å². The fourth-order valence-electron chi connectivity index (χ4n) is 2.81. The molecule has 4 heteroatoms. The van der Waals surface area contributed by atoms with Crippen LogP contribution in [-0.4, -0.2) is 55.7 Å². The van der Waals surface area contributed by atoms with Crippen LogP contribution < -0.4 is 10.2 Å². The smallest absolute Gasteiger partial charge is 0.128 e. The average Bonchev–Trinajstić information content (AvgIpc) is 2.55. The van der Waals surface area contributed by atoms with E-state index in [4.69, 9.17) is 0 Å². The number of pyridine rings is 1. The first kappa shape index (κ1) is 16.2. The monoisotopic (exact) mass is 290 g/mol. The van der Waals surface area contributed by atoms with Crippen molar-refractivity contribution >= 4 is 5.82 Å². The molecular formula is C17H30N4. The van der Waals surface area contributed by atoms with E-state index in [2.05, 4.69) is 39.2 Å². The van der Waals surface area contributed by atoms with Crippen molar-refractivity contribution in [2.75, 3.05) is 50.7 Å². The van der Waals surface area contributed by atoms with Gasteiger partial charge in [-0.3, -0.25) is 4.90 Å². The summed E-state index contributed by atoms with van der Waals surface area (Å²) in [5.74, 6) is 1.12. The minimum absolute atomic E-state index is 1.11. The Bertz CT molecular complexity index is 360. The van der Waals surface area contributed by atoms with Gasteiger partial charge in [0.05, 0.1) is 0 Å². The molecule has 118 valence electrons. The van der Waals surface area contributed by atoms with Crippen LogP contribution >= 0.6 is 0 Å². The molecule has 1 aliphatic heterocycles. The van der Waals surface area contributed by atoms with Crippen LogP contribution in [0.5, 0.6) is 0 Å². The summed E-state index contributed by atoms with van der Waals surface area (Å²) >= 11 is 0. The lowest BCUT2D eigenvalue weighted by Crippen LogP contribution is -2.46. The van der Waals surface area contributed by atoms with Crippen LogP contribution in [0, 0.1) is 0 Å². The van der Waals surface area contributed by atoms with Crippen molar-refractivity contribution in [1.82, 2.24) is 15.2 Å². The zero-order chi connectivity index (χ0) is 14.8. The minimum Gasteiger partial charge on any atom is -0.354 e. The molecule has 0 unspecified atom stereocenters. The van der Waals surface area contributed by atoms with E-state index in [0.717, 1.165) is 25.5 Å². The molecule has 1 aliphatic rings. The molecule has 0 saturated carbocycles. The van der Waals surface area contributed by atoms with Gasteiger partial charge in [-0.25, -0.2) is 4.98 Å². The molecule has 21 heavy (non-hydrogen) atoms. The maximum Gasteiger partial charge on any atom is 0.128 e. The number of nitrogens with one attached hydrogen (secondary N) is 1. The number of piperazine rings is 1. The van der Waals surface area contributed by atoms with Gasteiger partial charge in [-0.05, 0) is 51.0 Å². The summed E-state index contributed by atoms with van der Waals surface area (Å²) in [5, 5.41) is 3.47. The summed E-state index contributed by atoms with van der Waals surface area (Å²) in [4.78, 5) is 9.43. The Morgan fingerprint density at radius 1 is 1.05 bits per heavy atom. The molecule has 0 aromatic carbocycles. The first-order valence-electron chi connectivity index (χ1n) is 8.49. The topological polar surface area (TPSA) is 31.4 Å². The number of hydrogen-bond donors (Lipinski definition) is 1. The van der Waals surface area contributed by atoms with E-state index in [1.54, 1.807) is 0 Å². The summed E-state index contributed by atoms with van der Waals surface area (Å²) in [7, 11) is 0. The van der Waals surface area contributed by atoms with Crippen LogP contribution in [0.1, 0.15) is 32.6 Å². The highest BCUT2D eigenvalue weighted by Crippen LogP contribution is 2.12. The first-order chi connectivity index (χ1) is 10.4. The highest BCUT2D eigenvalue weighted by molar-refractivity contribution is 5.38. The maximum atomic E-state index is 4.44. The molecule has 2 heterocycles. The van der Waals surface area contributed by atoms with Crippen LogP contribution in [0.15, 0.2) is 24.4 Å². The summed E-state index contributed by atoms with van der Waals surface area (Å²) in [6, 6.07) is 6.16. The van der Waals surface area contributed by atoms with Crippen LogP contribution in [0.2, 0.25) is 0 Å². The zero-order valence-corrected chi connectivity index (χ0v) is 13.4. The summed E-state index contributed by atoms with van der Waals surface area (Å²) in [6.45, 7) is 10.4. The molecule has 1 aromatic heterocycles. The lowest BCUT2D eigenvalue weighted by Gasteiger charge is -2.35. The minimum atomic E-state index is 1.11. The Kier molecular flexibility index (Phi) is 7.54. The molecule has 2 rings (SSSR count). The molecule has 0 amide bonds. The Morgan fingerprint density at radius 2 is 1.90 bits per heavy atom. The zero-order valence-electron chi connectivity index (χ0n) is 13.4.